The maximum atomic E-state index is 8.32. The molecule has 1 aliphatic carbocycles. The number of aryl methyl sites for hydroxylation is 1. The van der Waals surface area contributed by atoms with E-state index in [9.17, 15) is 0 Å². The lowest BCUT2D eigenvalue weighted by Gasteiger charge is -2.24. The van der Waals surface area contributed by atoms with Crippen LogP contribution in [0.4, 0.5) is 0 Å². The highest BCUT2D eigenvalue weighted by Gasteiger charge is 2.14. The summed E-state index contributed by atoms with van der Waals surface area (Å²) in [6.45, 7) is 4.22. The van der Waals surface area contributed by atoms with Gasteiger partial charge in [0, 0.05) is 22.6 Å². The van der Waals surface area contributed by atoms with Crippen molar-refractivity contribution in [1.29, 1.82) is 0 Å². The number of aliphatic hydroxyl groups excluding tert-OH is 1. The number of rotatable bonds is 5. The van der Waals surface area contributed by atoms with Gasteiger partial charge in [0.25, 0.3) is 0 Å². The third-order valence-electron chi connectivity index (χ3n) is 6.20. The van der Waals surface area contributed by atoms with Crippen molar-refractivity contribution in [1.82, 2.24) is 10.3 Å². The number of benzene rings is 2. The third kappa shape index (κ3) is 5.51. The van der Waals surface area contributed by atoms with Crippen molar-refractivity contribution in [3.05, 3.63) is 59.8 Å². The number of hydrogen-bond acceptors (Lipinski definition) is 3. The maximum Gasteiger partial charge on any atom is 0.0720 e. The van der Waals surface area contributed by atoms with Gasteiger partial charge < -0.3 is 20.1 Å². The van der Waals surface area contributed by atoms with Crippen LogP contribution in [0.1, 0.15) is 49.8 Å². The molecule has 30 heavy (non-hydrogen) atoms. The summed E-state index contributed by atoms with van der Waals surface area (Å²) in [6, 6.07) is 18.0. The first-order valence-electron chi connectivity index (χ1n) is 11.4. The lowest BCUT2D eigenvalue weighted by atomic mass is 9.97. The molecular weight excluding hydrogens is 372 g/mol. The molecule has 0 bridgehead atoms. The molecule has 1 aliphatic heterocycles. The molecule has 2 aliphatic rings. The molecule has 1 saturated heterocycles. The Balaban J connectivity index is 0.000000313. The summed E-state index contributed by atoms with van der Waals surface area (Å²) in [5.74, 6) is 0. The lowest BCUT2D eigenvalue weighted by molar-refractivity contribution is 0.0169. The summed E-state index contributed by atoms with van der Waals surface area (Å²) in [6.07, 6.45) is 8.07. The molecule has 0 radical (unpaired) electrons. The van der Waals surface area contributed by atoms with E-state index in [1.807, 2.05) is 0 Å². The molecule has 1 aromatic heterocycles. The molecule has 2 heterocycles. The van der Waals surface area contributed by atoms with E-state index in [1.165, 1.54) is 65.4 Å². The van der Waals surface area contributed by atoms with Crippen LogP contribution in [-0.4, -0.2) is 35.4 Å². The molecule has 1 unspecified atom stereocenters. The fourth-order valence-electron chi connectivity index (χ4n) is 4.25. The van der Waals surface area contributed by atoms with E-state index in [2.05, 4.69) is 65.8 Å². The van der Waals surface area contributed by atoms with Gasteiger partial charge in [-0.3, -0.25) is 0 Å². The average Bonchev–Trinajstić information content (AvgIpc) is 3.12. The summed E-state index contributed by atoms with van der Waals surface area (Å²) in [4.78, 5) is 3.39. The standard InChI is InChI=1S/C22H25NO.C4H9NO/c1-16-12-20-14-19(10-11-22(20)23-16)18-7-5-6-17(13-18)15-24-21-8-3-2-4-9-21;6-3-4-1-2-5-4/h5-7,10-14,21,23H,2-4,8-9,15H2,1H3;4-6H,1-3H2. The molecule has 160 valence electrons. The van der Waals surface area contributed by atoms with Gasteiger partial charge in [-0.2, -0.15) is 0 Å². The second-order valence-corrected chi connectivity index (χ2v) is 8.65. The first-order valence-corrected chi connectivity index (χ1v) is 11.4. The number of ether oxygens (including phenoxy) is 1. The number of H-pyrrole nitrogens is 1. The van der Waals surface area contributed by atoms with E-state index in [0.717, 1.165) is 19.6 Å². The Bertz CT molecular complexity index is 936. The Labute approximate surface area is 179 Å². The minimum absolute atomic E-state index is 0.306. The maximum absolute atomic E-state index is 8.32. The molecule has 2 aromatic carbocycles. The quantitative estimate of drug-likeness (QED) is 0.536. The number of nitrogens with one attached hydrogen (secondary N) is 2. The number of aromatic nitrogens is 1. The van der Waals surface area contributed by atoms with E-state index < -0.39 is 0 Å². The van der Waals surface area contributed by atoms with E-state index in [1.54, 1.807) is 0 Å². The van der Waals surface area contributed by atoms with Crippen molar-refractivity contribution in [2.45, 2.75) is 64.2 Å². The molecule has 4 heteroatoms. The van der Waals surface area contributed by atoms with Gasteiger partial charge >= 0.3 is 0 Å². The third-order valence-corrected chi connectivity index (χ3v) is 6.20. The van der Waals surface area contributed by atoms with E-state index in [0.29, 0.717) is 18.8 Å². The lowest BCUT2D eigenvalue weighted by Crippen LogP contribution is -2.45. The van der Waals surface area contributed by atoms with Crippen molar-refractivity contribution in [2.24, 2.45) is 0 Å². The topological polar surface area (TPSA) is 57.3 Å². The summed E-state index contributed by atoms with van der Waals surface area (Å²) in [7, 11) is 0. The zero-order valence-corrected chi connectivity index (χ0v) is 18.0. The number of fused-ring (bicyclic) bond motifs is 1. The molecule has 0 amide bonds. The highest BCUT2D eigenvalue weighted by atomic mass is 16.5. The van der Waals surface area contributed by atoms with Crippen LogP contribution in [0.15, 0.2) is 48.5 Å². The van der Waals surface area contributed by atoms with Crippen LogP contribution in [0.2, 0.25) is 0 Å². The van der Waals surface area contributed by atoms with Crippen LogP contribution < -0.4 is 5.32 Å². The van der Waals surface area contributed by atoms with Gasteiger partial charge in [0.2, 0.25) is 0 Å². The first-order chi connectivity index (χ1) is 14.7. The second kappa shape index (κ2) is 10.3. The molecule has 2 fully saturated rings. The van der Waals surface area contributed by atoms with E-state index >= 15 is 0 Å². The Morgan fingerprint density at radius 2 is 1.77 bits per heavy atom. The monoisotopic (exact) mass is 406 g/mol. The predicted molar refractivity (Wildman–Crippen MR) is 124 cm³/mol. The molecule has 3 N–H and O–H groups in total. The minimum atomic E-state index is 0.306. The zero-order valence-electron chi connectivity index (χ0n) is 18.0. The Hall–Kier alpha value is -2.14. The molecule has 5 rings (SSSR count). The van der Waals surface area contributed by atoms with Gasteiger partial charge in [-0.25, -0.2) is 0 Å². The predicted octanol–water partition coefficient (Wildman–Crippen LogP) is 5.33. The van der Waals surface area contributed by atoms with Crippen LogP contribution in [0.3, 0.4) is 0 Å². The van der Waals surface area contributed by atoms with Crippen LogP contribution in [0.25, 0.3) is 22.0 Å². The molecule has 3 aromatic rings. The van der Waals surface area contributed by atoms with Crippen LogP contribution >= 0.6 is 0 Å². The smallest absolute Gasteiger partial charge is 0.0720 e. The van der Waals surface area contributed by atoms with Gasteiger partial charge in [-0.1, -0.05) is 43.5 Å². The van der Waals surface area contributed by atoms with Crippen molar-refractivity contribution in [3.8, 4) is 11.1 Å². The molecular formula is C26H34N2O2. The number of hydrogen-bond donors (Lipinski definition) is 3. The molecule has 1 atom stereocenters. The van der Waals surface area contributed by atoms with Gasteiger partial charge in [0.1, 0.15) is 0 Å². The summed E-state index contributed by atoms with van der Waals surface area (Å²) in [5.41, 5.74) is 6.20. The van der Waals surface area contributed by atoms with Gasteiger partial charge in [0.05, 0.1) is 19.3 Å². The fourth-order valence-corrected chi connectivity index (χ4v) is 4.25. The average molecular weight is 407 g/mol. The zero-order chi connectivity index (χ0) is 20.8. The van der Waals surface area contributed by atoms with Crippen molar-refractivity contribution in [3.63, 3.8) is 0 Å². The Kier molecular flexibility index (Phi) is 7.21. The number of aromatic amines is 1. The van der Waals surface area contributed by atoms with Crippen molar-refractivity contribution >= 4 is 10.9 Å². The van der Waals surface area contributed by atoms with Gasteiger partial charge in [-0.05, 0) is 73.7 Å². The Morgan fingerprint density at radius 1 is 0.967 bits per heavy atom. The van der Waals surface area contributed by atoms with Crippen molar-refractivity contribution in [2.75, 3.05) is 13.2 Å². The van der Waals surface area contributed by atoms with Gasteiger partial charge in [0.15, 0.2) is 0 Å². The summed E-state index contributed by atoms with van der Waals surface area (Å²) in [5, 5.41) is 12.6. The van der Waals surface area contributed by atoms with Gasteiger partial charge in [-0.15, -0.1) is 0 Å². The number of aliphatic hydroxyl groups is 1. The normalized spacial score (nSPS) is 19.2. The SMILES string of the molecule is Cc1cc2cc(-c3cccc(COC4CCCCC4)c3)ccc2[nH]1.OCC1CCN1. The Morgan fingerprint density at radius 3 is 2.47 bits per heavy atom. The van der Waals surface area contributed by atoms with E-state index in [-0.39, 0.29) is 0 Å². The van der Waals surface area contributed by atoms with E-state index in [4.69, 9.17) is 9.84 Å². The highest BCUT2D eigenvalue weighted by molar-refractivity contribution is 5.85. The fraction of sp³-hybridized carbons (Fsp3) is 0.462. The molecule has 4 nitrogen and oxygen atoms in total. The molecule has 1 saturated carbocycles. The summed E-state index contributed by atoms with van der Waals surface area (Å²) >= 11 is 0. The minimum Gasteiger partial charge on any atom is -0.395 e. The summed E-state index contributed by atoms with van der Waals surface area (Å²) < 4.78 is 6.13. The van der Waals surface area contributed by atoms with Crippen LogP contribution in [0, 0.1) is 6.92 Å². The highest BCUT2D eigenvalue weighted by Crippen LogP contribution is 2.27. The first kappa shape index (κ1) is 21.1. The largest absolute Gasteiger partial charge is 0.395 e. The second-order valence-electron chi connectivity index (χ2n) is 8.65. The van der Waals surface area contributed by atoms with Crippen LogP contribution in [0.5, 0.6) is 0 Å². The van der Waals surface area contributed by atoms with Crippen LogP contribution in [-0.2, 0) is 11.3 Å². The molecule has 0 spiro atoms. The van der Waals surface area contributed by atoms with Crippen molar-refractivity contribution < 1.29 is 9.84 Å².